The van der Waals surface area contributed by atoms with Gasteiger partial charge in [-0.1, -0.05) is 12.1 Å². The molecule has 0 saturated heterocycles. The topological polar surface area (TPSA) is 27.7 Å². The van der Waals surface area contributed by atoms with Gasteiger partial charge in [-0.2, -0.15) is 8.78 Å². The second kappa shape index (κ2) is 9.68. The Bertz CT molecular complexity index is 1040. The molecule has 0 bridgehead atoms. The van der Waals surface area contributed by atoms with E-state index in [0.717, 1.165) is 12.1 Å². The molecule has 2 aromatic rings. The van der Waals surface area contributed by atoms with E-state index >= 15 is 8.78 Å². The first kappa shape index (κ1) is 24.7. The number of rotatable bonds is 7. The molecule has 9 heteroatoms. The molecule has 0 heterocycles. The highest BCUT2D eigenvalue weighted by atomic mass is 19.3. The van der Waals surface area contributed by atoms with Gasteiger partial charge in [-0.3, -0.25) is 0 Å². The number of hydrogen-bond acceptors (Lipinski definition) is 3. The maximum atomic E-state index is 15.2. The van der Waals surface area contributed by atoms with Gasteiger partial charge in [0.25, 0.3) is 0 Å². The average Bonchev–Trinajstić information content (AvgIpc) is 2.81. The largest absolute Gasteiger partial charge is 0.491 e. The summed E-state index contributed by atoms with van der Waals surface area (Å²) in [5.41, 5.74) is -1.54. The monoisotopic (exact) mass is 488 g/mol. The zero-order valence-electron chi connectivity index (χ0n) is 18.9. The molecule has 2 atom stereocenters. The van der Waals surface area contributed by atoms with Crippen LogP contribution in [0.15, 0.2) is 24.3 Å². The molecule has 4 rings (SSSR count). The lowest BCUT2D eigenvalue weighted by atomic mass is 9.82. The summed E-state index contributed by atoms with van der Waals surface area (Å²) in [6.45, 7) is 4.03. The van der Waals surface area contributed by atoms with E-state index in [4.69, 9.17) is 14.2 Å². The Balaban J connectivity index is 1.64. The third kappa shape index (κ3) is 4.34. The molecular weight excluding hydrogens is 462 g/mol. The van der Waals surface area contributed by atoms with Gasteiger partial charge in [0.2, 0.25) is 0 Å². The lowest BCUT2D eigenvalue weighted by Crippen LogP contribution is -2.38. The SMILES string of the molecule is CCOc1ccc2c(c1F)C(F)C(F)c1c-2ccc(OC(F)(F)C2CCC(OCC)CC2)c1F. The summed E-state index contributed by atoms with van der Waals surface area (Å²) < 4.78 is 105. The molecule has 2 aliphatic rings. The molecular formula is C25H26F6O3. The van der Waals surface area contributed by atoms with E-state index in [9.17, 15) is 17.6 Å². The van der Waals surface area contributed by atoms with Crippen LogP contribution in [0.1, 0.15) is 63.0 Å². The lowest BCUT2D eigenvalue weighted by molar-refractivity contribution is -0.226. The Hall–Kier alpha value is -2.42. The standard InChI is InChI=1S/C25H26F6O3/c1-3-32-14-7-5-13(6-8-14)25(30,31)34-18-12-10-16-15-9-11-17(33-4-2)21(26)19(15)23(28)24(29)20(16)22(18)27/h9-14,23-24H,3-8H2,1-2H3. The average molecular weight is 488 g/mol. The first-order valence-corrected chi connectivity index (χ1v) is 11.4. The van der Waals surface area contributed by atoms with Crippen LogP contribution in [-0.4, -0.2) is 25.4 Å². The minimum atomic E-state index is -3.71. The molecule has 2 aromatic carbocycles. The van der Waals surface area contributed by atoms with E-state index in [0.29, 0.717) is 19.4 Å². The number of ether oxygens (including phenoxy) is 3. The summed E-state index contributed by atoms with van der Waals surface area (Å²) in [5, 5.41) is 0. The van der Waals surface area contributed by atoms with E-state index in [1.165, 1.54) is 12.1 Å². The second-order valence-electron chi connectivity index (χ2n) is 8.51. The summed E-state index contributed by atoms with van der Waals surface area (Å²) in [6.07, 6.45) is -7.87. The molecule has 0 aliphatic heterocycles. The van der Waals surface area contributed by atoms with Crippen LogP contribution in [0.25, 0.3) is 11.1 Å². The maximum Gasteiger partial charge on any atom is 0.400 e. The van der Waals surface area contributed by atoms with Crippen molar-refractivity contribution in [3.05, 3.63) is 47.0 Å². The molecule has 2 aliphatic carbocycles. The molecule has 1 saturated carbocycles. The molecule has 1 fully saturated rings. The molecule has 0 spiro atoms. The van der Waals surface area contributed by atoms with Crippen molar-refractivity contribution in [1.82, 2.24) is 0 Å². The van der Waals surface area contributed by atoms with Gasteiger partial charge in [0.1, 0.15) is 0 Å². The fourth-order valence-corrected chi connectivity index (χ4v) is 4.82. The van der Waals surface area contributed by atoms with Crippen LogP contribution in [0.5, 0.6) is 11.5 Å². The molecule has 186 valence electrons. The zero-order valence-corrected chi connectivity index (χ0v) is 18.9. The fourth-order valence-electron chi connectivity index (χ4n) is 4.82. The summed E-state index contributed by atoms with van der Waals surface area (Å²) in [5.74, 6) is -4.79. The van der Waals surface area contributed by atoms with Crippen LogP contribution in [0, 0.1) is 17.6 Å². The van der Waals surface area contributed by atoms with Crippen molar-refractivity contribution in [3.8, 4) is 22.6 Å². The van der Waals surface area contributed by atoms with Gasteiger partial charge in [0, 0.05) is 17.7 Å². The minimum Gasteiger partial charge on any atom is -0.491 e. The highest BCUT2D eigenvalue weighted by Gasteiger charge is 2.46. The smallest absolute Gasteiger partial charge is 0.400 e. The van der Waals surface area contributed by atoms with Crippen LogP contribution < -0.4 is 9.47 Å². The lowest BCUT2D eigenvalue weighted by Gasteiger charge is -2.33. The third-order valence-electron chi connectivity index (χ3n) is 6.49. The Kier molecular flexibility index (Phi) is 7.03. The molecule has 3 nitrogen and oxygen atoms in total. The summed E-state index contributed by atoms with van der Waals surface area (Å²) in [4.78, 5) is 0. The molecule has 34 heavy (non-hydrogen) atoms. The van der Waals surface area contributed by atoms with Crippen molar-refractivity contribution in [2.24, 2.45) is 5.92 Å². The number of alkyl halides is 4. The first-order valence-electron chi connectivity index (χ1n) is 11.4. The predicted molar refractivity (Wildman–Crippen MR) is 114 cm³/mol. The van der Waals surface area contributed by atoms with Crippen molar-refractivity contribution in [3.63, 3.8) is 0 Å². The molecule has 0 amide bonds. The van der Waals surface area contributed by atoms with Gasteiger partial charge in [-0.15, -0.1) is 0 Å². The minimum absolute atomic E-state index is 0.0659. The van der Waals surface area contributed by atoms with Crippen LogP contribution >= 0.6 is 0 Å². The molecule has 2 unspecified atom stereocenters. The Morgan fingerprint density at radius 1 is 0.794 bits per heavy atom. The maximum absolute atomic E-state index is 15.2. The van der Waals surface area contributed by atoms with Crippen molar-refractivity contribution >= 4 is 0 Å². The highest BCUT2D eigenvalue weighted by Crippen LogP contribution is 2.53. The van der Waals surface area contributed by atoms with Gasteiger partial charge in [0.05, 0.1) is 18.6 Å². The molecule has 0 radical (unpaired) electrons. The van der Waals surface area contributed by atoms with E-state index in [1.54, 1.807) is 6.92 Å². The molecule has 0 N–H and O–H groups in total. The molecule has 0 aromatic heterocycles. The Labute approximate surface area is 194 Å². The van der Waals surface area contributed by atoms with Gasteiger partial charge < -0.3 is 14.2 Å². The summed E-state index contributed by atoms with van der Waals surface area (Å²) in [6, 6.07) is 4.62. The Morgan fingerprint density at radius 2 is 1.32 bits per heavy atom. The van der Waals surface area contributed by atoms with Crippen LogP contribution in [0.4, 0.5) is 26.3 Å². The van der Waals surface area contributed by atoms with E-state index in [-0.39, 0.29) is 42.4 Å². The van der Waals surface area contributed by atoms with Crippen molar-refractivity contribution < 1.29 is 40.6 Å². The van der Waals surface area contributed by atoms with Gasteiger partial charge in [-0.25, -0.2) is 17.6 Å². The number of hydrogen-bond donors (Lipinski definition) is 0. The zero-order chi connectivity index (χ0) is 24.6. The third-order valence-corrected chi connectivity index (χ3v) is 6.49. The van der Waals surface area contributed by atoms with Crippen molar-refractivity contribution in [2.75, 3.05) is 13.2 Å². The van der Waals surface area contributed by atoms with Crippen LogP contribution in [0.2, 0.25) is 0 Å². The quantitative estimate of drug-likeness (QED) is 0.375. The van der Waals surface area contributed by atoms with Gasteiger partial charge >= 0.3 is 6.11 Å². The van der Waals surface area contributed by atoms with Crippen LogP contribution in [-0.2, 0) is 4.74 Å². The summed E-state index contributed by atoms with van der Waals surface area (Å²) >= 11 is 0. The van der Waals surface area contributed by atoms with E-state index in [1.807, 2.05) is 6.92 Å². The van der Waals surface area contributed by atoms with Crippen molar-refractivity contribution in [2.45, 2.75) is 64.1 Å². The highest BCUT2D eigenvalue weighted by molar-refractivity contribution is 5.76. The van der Waals surface area contributed by atoms with Gasteiger partial charge in [0.15, 0.2) is 35.5 Å². The first-order chi connectivity index (χ1) is 16.2. The predicted octanol–water partition coefficient (Wildman–Crippen LogP) is 7.63. The van der Waals surface area contributed by atoms with E-state index in [2.05, 4.69) is 0 Å². The van der Waals surface area contributed by atoms with Gasteiger partial charge in [-0.05, 0) is 62.8 Å². The van der Waals surface area contributed by atoms with E-state index < -0.39 is 52.9 Å². The number of halogens is 6. The Morgan fingerprint density at radius 3 is 1.85 bits per heavy atom. The normalized spacial score (nSPS) is 24.4. The number of fused-ring (bicyclic) bond motifs is 3. The van der Waals surface area contributed by atoms with Crippen molar-refractivity contribution in [1.29, 1.82) is 0 Å². The summed E-state index contributed by atoms with van der Waals surface area (Å²) in [7, 11) is 0. The van der Waals surface area contributed by atoms with Crippen LogP contribution in [0.3, 0.4) is 0 Å². The fraction of sp³-hybridized carbons (Fsp3) is 0.520. The second-order valence-corrected chi connectivity index (χ2v) is 8.51. The number of benzene rings is 2.